The highest BCUT2D eigenvalue weighted by Gasteiger charge is 2.19. The first-order valence-electron chi connectivity index (χ1n) is 5.27. The van der Waals surface area contributed by atoms with Crippen LogP contribution in [-0.4, -0.2) is 6.04 Å². The zero-order valence-electron chi connectivity index (χ0n) is 8.46. The zero-order chi connectivity index (χ0) is 9.97. The second-order valence-electron chi connectivity index (χ2n) is 4.07. The predicted octanol–water partition coefficient (Wildman–Crippen LogP) is 3.54. The molecular weight excluding hydrogens is 194 g/mol. The van der Waals surface area contributed by atoms with Crippen LogP contribution in [0.25, 0.3) is 0 Å². The molecule has 1 atom stereocenters. The van der Waals surface area contributed by atoms with Crippen molar-refractivity contribution in [2.75, 3.05) is 0 Å². The molecule has 0 saturated heterocycles. The minimum Gasteiger partial charge on any atom is -0.307 e. The van der Waals surface area contributed by atoms with Gasteiger partial charge in [0.25, 0.3) is 0 Å². The molecule has 76 valence electrons. The van der Waals surface area contributed by atoms with Gasteiger partial charge in [0.05, 0.1) is 0 Å². The number of hydrogen-bond donors (Lipinski definition) is 1. The summed E-state index contributed by atoms with van der Waals surface area (Å²) in [5.41, 5.74) is 1.32. The average molecular weight is 210 g/mol. The van der Waals surface area contributed by atoms with Gasteiger partial charge < -0.3 is 5.32 Å². The molecule has 1 aliphatic carbocycles. The molecule has 1 fully saturated rings. The summed E-state index contributed by atoms with van der Waals surface area (Å²) < 4.78 is 0. The normalized spacial score (nSPS) is 19.0. The van der Waals surface area contributed by atoms with Crippen molar-refractivity contribution >= 4 is 11.6 Å². The third-order valence-corrected chi connectivity index (χ3v) is 3.21. The van der Waals surface area contributed by atoms with E-state index in [4.69, 9.17) is 11.6 Å². The molecule has 0 bridgehead atoms. The van der Waals surface area contributed by atoms with Crippen molar-refractivity contribution in [2.45, 2.75) is 38.3 Å². The molecule has 0 amide bonds. The summed E-state index contributed by atoms with van der Waals surface area (Å²) >= 11 is 5.84. The first-order chi connectivity index (χ1) is 6.75. The molecule has 14 heavy (non-hydrogen) atoms. The van der Waals surface area contributed by atoms with Crippen LogP contribution in [0.1, 0.15) is 37.8 Å². The highest BCUT2D eigenvalue weighted by Crippen LogP contribution is 2.23. The van der Waals surface area contributed by atoms with Crippen molar-refractivity contribution in [1.82, 2.24) is 5.32 Å². The minimum atomic E-state index is 0.442. The van der Waals surface area contributed by atoms with Gasteiger partial charge in [0, 0.05) is 17.1 Å². The SMILES string of the molecule is C[C@@H](NC1CCC1)c1ccc(Cl)cc1. The van der Waals surface area contributed by atoms with E-state index < -0.39 is 0 Å². The lowest BCUT2D eigenvalue weighted by atomic mass is 9.92. The van der Waals surface area contributed by atoms with E-state index in [1.54, 1.807) is 0 Å². The molecule has 0 unspecified atom stereocenters. The Morgan fingerprint density at radius 1 is 1.29 bits per heavy atom. The summed E-state index contributed by atoms with van der Waals surface area (Å²) in [5.74, 6) is 0. The predicted molar refractivity (Wildman–Crippen MR) is 60.6 cm³/mol. The Kier molecular flexibility index (Phi) is 3.09. The van der Waals surface area contributed by atoms with Crippen molar-refractivity contribution in [3.05, 3.63) is 34.9 Å². The van der Waals surface area contributed by atoms with Crippen LogP contribution in [0.2, 0.25) is 5.02 Å². The maximum atomic E-state index is 5.84. The van der Waals surface area contributed by atoms with E-state index in [1.165, 1.54) is 24.8 Å². The van der Waals surface area contributed by atoms with Gasteiger partial charge in [-0.25, -0.2) is 0 Å². The number of rotatable bonds is 3. The molecule has 0 radical (unpaired) electrons. The summed E-state index contributed by atoms with van der Waals surface area (Å²) in [5, 5.41) is 4.42. The van der Waals surface area contributed by atoms with Crippen LogP contribution in [0, 0.1) is 0 Å². The monoisotopic (exact) mass is 209 g/mol. The lowest BCUT2D eigenvalue weighted by Gasteiger charge is -2.30. The fourth-order valence-electron chi connectivity index (χ4n) is 1.78. The molecule has 0 heterocycles. The Bertz CT molecular complexity index is 290. The van der Waals surface area contributed by atoms with Crippen molar-refractivity contribution in [3.63, 3.8) is 0 Å². The van der Waals surface area contributed by atoms with E-state index >= 15 is 0 Å². The van der Waals surface area contributed by atoms with Crippen LogP contribution >= 0.6 is 11.6 Å². The number of nitrogens with one attached hydrogen (secondary N) is 1. The van der Waals surface area contributed by atoms with Crippen LogP contribution < -0.4 is 5.32 Å². The number of benzene rings is 1. The summed E-state index contributed by atoms with van der Waals surface area (Å²) in [6, 6.07) is 9.28. The molecule has 2 heteroatoms. The van der Waals surface area contributed by atoms with Crippen molar-refractivity contribution in [3.8, 4) is 0 Å². The number of hydrogen-bond acceptors (Lipinski definition) is 1. The van der Waals surface area contributed by atoms with E-state index in [9.17, 15) is 0 Å². The Labute approximate surface area is 90.5 Å². The third kappa shape index (κ3) is 2.28. The Hall–Kier alpha value is -0.530. The molecule has 2 rings (SSSR count). The molecular formula is C12H16ClN. The first kappa shape index (κ1) is 10.0. The van der Waals surface area contributed by atoms with Crippen LogP contribution in [0.15, 0.2) is 24.3 Å². The molecule has 0 aromatic heterocycles. The van der Waals surface area contributed by atoms with Crippen LogP contribution in [0.4, 0.5) is 0 Å². The van der Waals surface area contributed by atoms with Crippen LogP contribution in [0.3, 0.4) is 0 Å². The minimum absolute atomic E-state index is 0.442. The van der Waals surface area contributed by atoms with E-state index in [0.717, 1.165) is 11.1 Å². The van der Waals surface area contributed by atoms with Crippen molar-refractivity contribution in [2.24, 2.45) is 0 Å². The zero-order valence-corrected chi connectivity index (χ0v) is 9.22. The fraction of sp³-hybridized carbons (Fsp3) is 0.500. The highest BCUT2D eigenvalue weighted by atomic mass is 35.5. The Balaban J connectivity index is 1.95. The van der Waals surface area contributed by atoms with E-state index in [0.29, 0.717) is 6.04 Å². The van der Waals surface area contributed by atoms with Gasteiger partial charge in [-0.15, -0.1) is 0 Å². The van der Waals surface area contributed by atoms with Crippen LogP contribution in [0.5, 0.6) is 0 Å². The van der Waals surface area contributed by atoms with Gasteiger partial charge in [0.1, 0.15) is 0 Å². The van der Waals surface area contributed by atoms with E-state index in [1.807, 2.05) is 12.1 Å². The van der Waals surface area contributed by atoms with Crippen molar-refractivity contribution < 1.29 is 0 Å². The molecule has 1 aromatic carbocycles. The van der Waals surface area contributed by atoms with Gasteiger partial charge in [-0.2, -0.15) is 0 Å². The Morgan fingerprint density at radius 2 is 1.93 bits per heavy atom. The summed E-state index contributed by atoms with van der Waals surface area (Å²) in [6.07, 6.45) is 4.04. The van der Waals surface area contributed by atoms with Gasteiger partial charge in [-0.1, -0.05) is 30.2 Å². The van der Waals surface area contributed by atoms with Crippen molar-refractivity contribution in [1.29, 1.82) is 0 Å². The smallest absolute Gasteiger partial charge is 0.0406 e. The maximum absolute atomic E-state index is 5.84. The van der Waals surface area contributed by atoms with Gasteiger partial charge in [-0.3, -0.25) is 0 Å². The largest absolute Gasteiger partial charge is 0.307 e. The fourth-order valence-corrected chi connectivity index (χ4v) is 1.90. The summed E-state index contributed by atoms with van der Waals surface area (Å²) in [6.45, 7) is 2.21. The molecule has 1 N–H and O–H groups in total. The van der Waals surface area contributed by atoms with E-state index in [-0.39, 0.29) is 0 Å². The lowest BCUT2D eigenvalue weighted by molar-refractivity contribution is 0.313. The third-order valence-electron chi connectivity index (χ3n) is 2.96. The van der Waals surface area contributed by atoms with Gasteiger partial charge in [0.15, 0.2) is 0 Å². The summed E-state index contributed by atoms with van der Waals surface area (Å²) in [4.78, 5) is 0. The highest BCUT2D eigenvalue weighted by molar-refractivity contribution is 6.30. The quantitative estimate of drug-likeness (QED) is 0.803. The molecule has 1 nitrogen and oxygen atoms in total. The standard InChI is InChI=1S/C12H16ClN/c1-9(14-12-3-2-4-12)10-5-7-11(13)8-6-10/h5-9,12,14H,2-4H2,1H3/t9-/m1/s1. The molecule has 1 saturated carbocycles. The molecule has 0 aliphatic heterocycles. The topological polar surface area (TPSA) is 12.0 Å². The second kappa shape index (κ2) is 4.33. The van der Waals surface area contributed by atoms with E-state index in [2.05, 4.69) is 24.4 Å². The van der Waals surface area contributed by atoms with Crippen LogP contribution in [-0.2, 0) is 0 Å². The lowest BCUT2D eigenvalue weighted by Crippen LogP contribution is -2.36. The van der Waals surface area contributed by atoms with Gasteiger partial charge in [0.2, 0.25) is 0 Å². The molecule has 1 aromatic rings. The molecule has 1 aliphatic rings. The van der Waals surface area contributed by atoms with Gasteiger partial charge >= 0.3 is 0 Å². The number of halogens is 1. The molecule has 0 spiro atoms. The van der Waals surface area contributed by atoms with Gasteiger partial charge in [-0.05, 0) is 37.5 Å². The maximum Gasteiger partial charge on any atom is 0.0406 e. The second-order valence-corrected chi connectivity index (χ2v) is 4.50. The summed E-state index contributed by atoms with van der Waals surface area (Å²) in [7, 11) is 0. The average Bonchev–Trinajstić information content (AvgIpc) is 2.12. The Morgan fingerprint density at radius 3 is 2.43 bits per heavy atom. The first-order valence-corrected chi connectivity index (χ1v) is 5.65.